The van der Waals surface area contributed by atoms with Crippen LogP contribution in [0.15, 0.2) is 53.0 Å². The minimum Gasteiger partial charge on any atom is -0.331 e. The Kier molecular flexibility index (Phi) is 3.88. The second-order valence-electron chi connectivity index (χ2n) is 5.07. The maximum Gasteiger partial charge on any atom is 0.254 e. The molecule has 2 aromatic carbocycles. The summed E-state index contributed by atoms with van der Waals surface area (Å²) in [6.07, 6.45) is 0.799. The summed E-state index contributed by atoms with van der Waals surface area (Å²) in [7, 11) is 0. The van der Waals surface area contributed by atoms with Crippen molar-refractivity contribution in [3.8, 4) is 0 Å². The van der Waals surface area contributed by atoms with Gasteiger partial charge in [-0.1, -0.05) is 46.3 Å². The molecule has 1 aliphatic rings. The summed E-state index contributed by atoms with van der Waals surface area (Å²) >= 11 is 3.36. The molecular weight excluding hydrogens is 330 g/mol. The number of halogens is 1. The molecule has 0 aliphatic carbocycles. The van der Waals surface area contributed by atoms with Gasteiger partial charge in [-0.05, 0) is 30.2 Å². The van der Waals surface area contributed by atoms with Crippen LogP contribution in [0, 0.1) is 0 Å². The number of benzene rings is 2. The van der Waals surface area contributed by atoms with Crippen LogP contribution in [0.4, 0.5) is 0 Å². The van der Waals surface area contributed by atoms with Crippen LogP contribution in [0.2, 0.25) is 0 Å². The van der Waals surface area contributed by atoms with E-state index in [4.69, 9.17) is 0 Å². The molecule has 1 heterocycles. The average Bonchev–Trinajstić information content (AvgIpc) is 2.50. The Hall–Kier alpha value is -1.94. The zero-order valence-electron chi connectivity index (χ0n) is 11.4. The maximum atomic E-state index is 12.4. The average molecular weight is 344 g/mol. The number of ketones is 1. The number of carbonyl (C=O) groups is 2. The number of hydrogen-bond acceptors (Lipinski definition) is 2. The molecule has 0 N–H and O–H groups in total. The first-order valence-electron chi connectivity index (χ1n) is 6.81. The van der Waals surface area contributed by atoms with E-state index in [9.17, 15) is 9.59 Å². The van der Waals surface area contributed by atoms with Crippen LogP contribution in [-0.4, -0.2) is 29.7 Å². The van der Waals surface area contributed by atoms with E-state index in [1.165, 1.54) is 0 Å². The normalized spacial score (nSPS) is 14.0. The van der Waals surface area contributed by atoms with Gasteiger partial charge in [0.1, 0.15) is 0 Å². The van der Waals surface area contributed by atoms with E-state index in [-0.39, 0.29) is 18.2 Å². The molecule has 0 spiro atoms. The van der Waals surface area contributed by atoms with Gasteiger partial charge in [0.25, 0.3) is 5.91 Å². The fourth-order valence-electron chi connectivity index (χ4n) is 2.55. The van der Waals surface area contributed by atoms with Crippen LogP contribution in [0.3, 0.4) is 0 Å². The van der Waals surface area contributed by atoms with Crippen LogP contribution >= 0.6 is 15.9 Å². The first kappa shape index (κ1) is 14.0. The fourth-order valence-corrected chi connectivity index (χ4v) is 2.95. The number of carbonyl (C=O) groups excluding carboxylic acids is 2. The Balaban J connectivity index is 1.78. The molecule has 0 fully saturated rings. The lowest BCUT2D eigenvalue weighted by atomic mass is 9.98. The quantitative estimate of drug-likeness (QED) is 0.801. The van der Waals surface area contributed by atoms with Crippen LogP contribution < -0.4 is 0 Å². The molecule has 106 valence electrons. The van der Waals surface area contributed by atoms with E-state index in [1.54, 1.807) is 17.0 Å². The first-order valence-corrected chi connectivity index (χ1v) is 7.60. The predicted octanol–water partition coefficient (Wildman–Crippen LogP) is 3.33. The van der Waals surface area contributed by atoms with E-state index in [1.807, 2.05) is 36.4 Å². The molecular formula is C17H14BrNO2. The van der Waals surface area contributed by atoms with E-state index < -0.39 is 0 Å². The molecule has 0 saturated heterocycles. The zero-order chi connectivity index (χ0) is 14.8. The molecule has 2 aromatic rings. The van der Waals surface area contributed by atoms with Crippen molar-refractivity contribution >= 4 is 27.6 Å². The molecule has 0 bridgehead atoms. The minimum atomic E-state index is -0.0554. The van der Waals surface area contributed by atoms with Gasteiger partial charge in [0.2, 0.25) is 0 Å². The van der Waals surface area contributed by atoms with Crippen LogP contribution in [-0.2, 0) is 6.42 Å². The lowest BCUT2D eigenvalue weighted by Crippen LogP contribution is -2.40. The van der Waals surface area contributed by atoms with Crippen LogP contribution in [0.5, 0.6) is 0 Å². The molecule has 0 atom stereocenters. The third kappa shape index (κ3) is 2.90. The number of fused-ring (bicyclic) bond motifs is 1. The molecule has 0 radical (unpaired) electrons. The van der Waals surface area contributed by atoms with Crippen molar-refractivity contribution in [1.82, 2.24) is 4.90 Å². The van der Waals surface area contributed by atoms with Crippen molar-refractivity contribution in [2.24, 2.45) is 0 Å². The monoisotopic (exact) mass is 343 g/mol. The number of rotatable bonds is 3. The van der Waals surface area contributed by atoms with Gasteiger partial charge >= 0.3 is 0 Å². The topological polar surface area (TPSA) is 37.4 Å². The lowest BCUT2D eigenvalue weighted by Gasteiger charge is -2.28. The van der Waals surface area contributed by atoms with Gasteiger partial charge in [-0.3, -0.25) is 9.59 Å². The summed E-state index contributed by atoms with van der Waals surface area (Å²) in [5.74, 6) is -0.0933. The van der Waals surface area contributed by atoms with Crippen molar-refractivity contribution in [2.45, 2.75) is 6.42 Å². The summed E-state index contributed by atoms with van der Waals surface area (Å²) in [4.78, 5) is 26.4. The molecule has 0 aromatic heterocycles. The van der Waals surface area contributed by atoms with Gasteiger partial charge in [-0.15, -0.1) is 0 Å². The summed E-state index contributed by atoms with van der Waals surface area (Å²) in [6.45, 7) is 0.721. The SMILES string of the molecule is O=C(CN1CCc2ccccc2C1=O)c1cccc(Br)c1. The Morgan fingerprint density at radius 1 is 1.14 bits per heavy atom. The number of amides is 1. The standard InChI is InChI=1S/C17H14BrNO2/c18-14-6-3-5-13(10-14)16(20)11-19-9-8-12-4-1-2-7-15(12)17(19)21/h1-7,10H,8-9,11H2. The van der Waals surface area contributed by atoms with Crippen molar-refractivity contribution < 1.29 is 9.59 Å². The Morgan fingerprint density at radius 3 is 2.76 bits per heavy atom. The molecule has 1 aliphatic heterocycles. The van der Waals surface area contributed by atoms with Gasteiger partial charge in [0, 0.05) is 22.1 Å². The Morgan fingerprint density at radius 2 is 1.95 bits per heavy atom. The third-order valence-electron chi connectivity index (χ3n) is 3.67. The molecule has 3 nitrogen and oxygen atoms in total. The smallest absolute Gasteiger partial charge is 0.254 e. The highest BCUT2D eigenvalue weighted by atomic mass is 79.9. The van der Waals surface area contributed by atoms with Gasteiger partial charge in [0.15, 0.2) is 5.78 Å². The molecule has 3 rings (SSSR count). The van der Waals surface area contributed by atoms with Gasteiger partial charge in [-0.25, -0.2) is 0 Å². The first-order chi connectivity index (χ1) is 10.1. The van der Waals surface area contributed by atoms with Gasteiger partial charge in [0.05, 0.1) is 6.54 Å². The highest BCUT2D eigenvalue weighted by molar-refractivity contribution is 9.10. The van der Waals surface area contributed by atoms with Crippen molar-refractivity contribution in [1.29, 1.82) is 0 Å². The fraction of sp³-hybridized carbons (Fsp3) is 0.176. The molecule has 21 heavy (non-hydrogen) atoms. The molecule has 0 unspecified atom stereocenters. The zero-order valence-corrected chi connectivity index (χ0v) is 13.0. The minimum absolute atomic E-state index is 0.0379. The summed E-state index contributed by atoms with van der Waals surface area (Å²) < 4.78 is 0.865. The summed E-state index contributed by atoms with van der Waals surface area (Å²) in [6, 6.07) is 14.8. The van der Waals surface area contributed by atoms with Crippen LogP contribution in [0.25, 0.3) is 0 Å². The van der Waals surface area contributed by atoms with E-state index >= 15 is 0 Å². The molecule has 0 saturated carbocycles. The van der Waals surface area contributed by atoms with Gasteiger partial charge < -0.3 is 4.90 Å². The van der Waals surface area contributed by atoms with Crippen molar-refractivity contribution in [3.63, 3.8) is 0 Å². The van der Waals surface area contributed by atoms with E-state index in [0.717, 1.165) is 16.5 Å². The molecule has 1 amide bonds. The molecule has 4 heteroatoms. The maximum absolute atomic E-state index is 12.4. The van der Waals surface area contributed by atoms with E-state index in [0.29, 0.717) is 17.7 Å². The Labute approximate surface area is 131 Å². The summed E-state index contributed by atoms with van der Waals surface area (Å²) in [5.41, 5.74) is 2.40. The van der Waals surface area contributed by atoms with Crippen molar-refractivity contribution in [3.05, 3.63) is 69.7 Å². The van der Waals surface area contributed by atoms with Crippen LogP contribution in [0.1, 0.15) is 26.3 Å². The largest absolute Gasteiger partial charge is 0.331 e. The number of Topliss-reactive ketones (excluding diaryl/α,β-unsaturated/α-hetero) is 1. The lowest BCUT2D eigenvalue weighted by molar-refractivity contribution is 0.0696. The third-order valence-corrected chi connectivity index (χ3v) is 4.16. The number of nitrogens with zero attached hydrogens (tertiary/aromatic N) is 1. The second kappa shape index (κ2) is 5.82. The van der Waals surface area contributed by atoms with E-state index in [2.05, 4.69) is 15.9 Å². The summed E-state index contributed by atoms with van der Waals surface area (Å²) in [5, 5.41) is 0. The van der Waals surface area contributed by atoms with Gasteiger partial charge in [-0.2, -0.15) is 0 Å². The Bertz CT molecular complexity index is 711. The second-order valence-corrected chi connectivity index (χ2v) is 5.98. The highest BCUT2D eigenvalue weighted by Gasteiger charge is 2.25. The highest BCUT2D eigenvalue weighted by Crippen LogP contribution is 2.19. The number of hydrogen-bond donors (Lipinski definition) is 0. The predicted molar refractivity (Wildman–Crippen MR) is 84.5 cm³/mol. The van der Waals surface area contributed by atoms with Crippen molar-refractivity contribution in [2.75, 3.05) is 13.1 Å².